The van der Waals surface area contributed by atoms with Crippen molar-refractivity contribution in [2.45, 2.75) is 6.92 Å². The molecule has 0 aliphatic rings. The van der Waals surface area contributed by atoms with Crippen molar-refractivity contribution in [3.63, 3.8) is 0 Å². The molecule has 1 N–H and O–H groups in total. The summed E-state index contributed by atoms with van der Waals surface area (Å²) >= 11 is 1.34. The molecule has 0 saturated heterocycles. The Kier molecular flexibility index (Phi) is 3.42. The van der Waals surface area contributed by atoms with Crippen molar-refractivity contribution >= 4 is 38.2 Å². The van der Waals surface area contributed by atoms with Gasteiger partial charge in [-0.25, -0.2) is 4.79 Å². The quantitative estimate of drug-likeness (QED) is 0.682. The molecule has 0 radical (unpaired) electrons. The van der Waals surface area contributed by atoms with E-state index in [0.717, 1.165) is 10.1 Å². The predicted molar refractivity (Wildman–Crippen MR) is 69.1 cm³/mol. The molecule has 1 heterocycles. The number of ether oxygens (including phenoxy) is 1. The molecule has 0 aliphatic carbocycles. The summed E-state index contributed by atoms with van der Waals surface area (Å²) in [7, 11) is 0. The van der Waals surface area contributed by atoms with Gasteiger partial charge in [0.05, 0.1) is 16.5 Å². The van der Waals surface area contributed by atoms with Crippen LogP contribution in [-0.4, -0.2) is 17.6 Å². The summed E-state index contributed by atoms with van der Waals surface area (Å²) in [6, 6.07) is 6.26. The Hall–Kier alpha value is -2.15. The number of amides is 1. The first-order valence-corrected chi connectivity index (χ1v) is 6.03. The number of hydrogen-bond acceptors (Lipinski definition) is 5. The number of nitro benzene ring substituents is 1. The largest absolute Gasteiger partial charge is 0.450 e. The van der Waals surface area contributed by atoms with E-state index in [1.165, 1.54) is 23.5 Å². The van der Waals surface area contributed by atoms with Crippen molar-refractivity contribution in [2.24, 2.45) is 0 Å². The van der Waals surface area contributed by atoms with E-state index in [1.54, 1.807) is 19.1 Å². The molecule has 0 saturated carbocycles. The van der Waals surface area contributed by atoms with Gasteiger partial charge in [-0.2, -0.15) is 0 Å². The van der Waals surface area contributed by atoms with Crippen LogP contribution >= 0.6 is 11.3 Å². The number of thiophene rings is 1. The number of anilines is 1. The lowest BCUT2D eigenvalue weighted by atomic mass is 10.2. The highest BCUT2D eigenvalue weighted by atomic mass is 32.1. The number of non-ortho nitro benzene ring substituents is 1. The average molecular weight is 266 g/mol. The summed E-state index contributed by atoms with van der Waals surface area (Å²) in [5, 5.41) is 14.5. The Morgan fingerprint density at radius 3 is 2.94 bits per heavy atom. The summed E-state index contributed by atoms with van der Waals surface area (Å²) < 4.78 is 5.62. The van der Waals surface area contributed by atoms with Gasteiger partial charge in [0.15, 0.2) is 0 Å². The van der Waals surface area contributed by atoms with E-state index in [2.05, 4.69) is 5.32 Å². The molecule has 0 fully saturated rings. The lowest BCUT2D eigenvalue weighted by Crippen LogP contribution is -2.12. The van der Waals surface area contributed by atoms with Crippen LogP contribution in [0.15, 0.2) is 24.3 Å². The third-order valence-corrected chi connectivity index (χ3v) is 3.24. The first-order valence-electron chi connectivity index (χ1n) is 5.22. The molecule has 7 heteroatoms. The molecule has 18 heavy (non-hydrogen) atoms. The molecule has 0 atom stereocenters. The Morgan fingerprint density at radius 2 is 2.28 bits per heavy atom. The molecule has 1 aromatic heterocycles. The molecule has 1 amide bonds. The van der Waals surface area contributed by atoms with E-state index in [4.69, 9.17) is 4.74 Å². The summed E-state index contributed by atoms with van der Waals surface area (Å²) in [4.78, 5) is 21.4. The number of nitro groups is 1. The number of carbonyl (C=O) groups excluding carboxylic acids is 1. The maximum atomic E-state index is 11.2. The smallest absolute Gasteiger partial charge is 0.412 e. The van der Waals surface area contributed by atoms with Crippen LogP contribution in [0.3, 0.4) is 0 Å². The number of fused-ring (bicyclic) bond motifs is 1. The van der Waals surface area contributed by atoms with Gasteiger partial charge in [0.1, 0.15) is 0 Å². The van der Waals surface area contributed by atoms with Gasteiger partial charge < -0.3 is 4.74 Å². The minimum absolute atomic E-state index is 0.0305. The highest BCUT2D eigenvalue weighted by molar-refractivity contribution is 7.22. The third-order valence-electron chi connectivity index (χ3n) is 2.21. The van der Waals surface area contributed by atoms with Gasteiger partial charge in [-0.1, -0.05) is 0 Å². The van der Waals surface area contributed by atoms with E-state index in [9.17, 15) is 14.9 Å². The lowest BCUT2D eigenvalue weighted by molar-refractivity contribution is -0.384. The van der Waals surface area contributed by atoms with Crippen molar-refractivity contribution < 1.29 is 14.5 Å². The van der Waals surface area contributed by atoms with Crippen LogP contribution in [0.25, 0.3) is 10.1 Å². The number of nitrogens with one attached hydrogen (secondary N) is 1. The van der Waals surface area contributed by atoms with E-state index in [0.29, 0.717) is 11.6 Å². The van der Waals surface area contributed by atoms with Crippen LogP contribution in [0.5, 0.6) is 0 Å². The van der Waals surface area contributed by atoms with E-state index in [1.807, 2.05) is 0 Å². The molecule has 0 unspecified atom stereocenters. The standard InChI is InChI=1S/C11H10N2O4S/c1-2-17-11(14)12-10-6-7-5-8(13(15)16)3-4-9(7)18-10/h3-6H,2H2,1H3,(H,12,14). The topological polar surface area (TPSA) is 81.5 Å². The SMILES string of the molecule is CCOC(=O)Nc1cc2cc([N+](=O)[O-])ccc2s1. The number of carbonyl (C=O) groups is 1. The minimum Gasteiger partial charge on any atom is -0.450 e. The number of nitrogens with zero attached hydrogens (tertiary/aromatic N) is 1. The Bertz CT molecular complexity index is 608. The van der Waals surface area contributed by atoms with E-state index < -0.39 is 11.0 Å². The lowest BCUT2D eigenvalue weighted by Gasteiger charge is -2.00. The first-order chi connectivity index (χ1) is 8.60. The second kappa shape index (κ2) is 5.01. The molecule has 1 aromatic carbocycles. The molecular formula is C11H10N2O4S. The fourth-order valence-corrected chi connectivity index (χ4v) is 2.40. The molecule has 6 nitrogen and oxygen atoms in total. The molecule has 0 spiro atoms. The van der Waals surface area contributed by atoms with Crippen molar-refractivity contribution in [3.8, 4) is 0 Å². The van der Waals surface area contributed by atoms with Gasteiger partial charge in [-0.3, -0.25) is 15.4 Å². The van der Waals surface area contributed by atoms with Crippen LogP contribution in [0, 0.1) is 10.1 Å². The number of hydrogen-bond donors (Lipinski definition) is 1. The van der Waals surface area contributed by atoms with Crippen molar-refractivity contribution in [1.29, 1.82) is 0 Å². The summed E-state index contributed by atoms with van der Waals surface area (Å²) in [5.41, 5.74) is 0.0305. The molecule has 0 aliphatic heterocycles. The molecule has 2 rings (SSSR count). The predicted octanol–water partition coefficient (Wildman–Crippen LogP) is 3.38. The van der Waals surface area contributed by atoms with Crippen LogP contribution in [0.4, 0.5) is 15.5 Å². The van der Waals surface area contributed by atoms with E-state index in [-0.39, 0.29) is 5.69 Å². The van der Waals surface area contributed by atoms with Gasteiger partial charge in [0.2, 0.25) is 0 Å². The molecule has 0 bridgehead atoms. The fourth-order valence-electron chi connectivity index (χ4n) is 1.47. The Morgan fingerprint density at radius 1 is 1.50 bits per heavy atom. The van der Waals surface area contributed by atoms with Gasteiger partial charge >= 0.3 is 6.09 Å². The van der Waals surface area contributed by atoms with Crippen LogP contribution in [0.2, 0.25) is 0 Å². The monoisotopic (exact) mass is 266 g/mol. The summed E-state index contributed by atoms with van der Waals surface area (Å²) in [6.45, 7) is 2.01. The zero-order chi connectivity index (χ0) is 13.1. The van der Waals surface area contributed by atoms with Crippen LogP contribution in [-0.2, 0) is 4.74 Å². The fraction of sp³-hybridized carbons (Fsp3) is 0.182. The minimum atomic E-state index is -0.529. The maximum Gasteiger partial charge on any atom is 0.412 e. The Balaban J connectivity index is 2.27. The van der Waals surface area contributed by atoms with Crippen LogP contribution < -0.4 is 5.32 Å². The molecule has 94 valence electrons. The van der Waals surface area contributed by atoms with Crippen LogP contribution in [0.1, 0.15) is 6.92 Å². The third kappa shape index (κ3) is 2.57. The zero-order valence-corrected chi connectivity index (χ0v) is 10.3. The summed E-state index contributed by atoms with van der Waals surface area (Å²) in [6.07, 6.45) is -0.529. The van der Waals surface area contributed by atoms with Gasteiger partial charge in [0, 0.05) is 22.2 Å². The zero-order valence-electron chi connectivity index (χ0n) is 9.50. The van der Waals surface area contributed by atoms with Gasteiger partial charge in [0.25, 0.3) is 5.69 Å². The normalized spacial score (nSPS) is 10.3. The molecular weight excluding hydrogens is 256 g/mol. The van der Waals surface area contributed by atoms with Gasteiger partial charge in [-0.15, -0.1) is 11.3 Å². The van der Waals surface area contributed by atoms with E-state index >= 15 is 0 Å². The number of rotatable bonds is 3. The van der Waals surface area contributed by atoms with Gasteiger partial charge in [-0.05, 0) is 19.1 Å². The highest BCUT2D eigenvalue weighted by Gasteiger charge is 2.10. The number of benzene rings is 1. The maximum absolute atomic E-state index is 11.2. The van der Waals surface area contributed by atoms with Crippen molar-refractivity contribution in [3.05, 3.63) is 34.4 Å². The Labute approximate surface area is 106 Å². The van der Waals surface area contributed by atoms with Crippen molar-refractivity contribution in [2.75, 3.05) is 11.9 Å². The highest BCUT2D eigenvalue weighted by Crippen LogP contribution is 2.32. The van der Waals surface area contributed by atoms with Crippen molar-refractivity contribution in [1.82, 2.24) is 0 Å². The second-order valence-corrected chi connectivity index (χ2v) is 4.52. The molecule has 2 aromatic rings. The average Bonchev–Trinajstić information content (AvgIpc) is 2.69. The summed E-state index contributed by atoms with van der Waals surface area (Å²) in [5.74, 6) is 0. The first kappa shape index (κ1) is 12.3. The second-order valence-electron chi connectivity index (χ2n) is 3.44.